The lowest BCUT2D eigenvalue weighted by atomic mass is 10.2. The predicted molar refractivity (Wildman–Crippen MR) is 37.5 cm³/mol. The first-order valence-corrected chi connectivity index (χ1v) is 3.07. The molecular formula is C7H12O3. The zero-order valence-corrected chi connectivity index (χ0v) is 6.09. The second-order valence-corrected chi connectivity index (χ2v) is 2.00. The monoisotopic (exact) mass is 144 g/mol. The molecule has 10 heavy (non-hydrogen) atoms. The van der Waals surface area contributed by atoms with E-state index in [1.165, 1.54) is 6.92 Å². The first-order valence-electron chi connectivity index (χ1n) is 3.07. The molecule has 0 atom stereocenters. The van der Waals surface area contributed by atoms with Crippen LogP contribution in [0.3, 0.4) is 0 Å². The van der Waals surface area contributed by atoms with Gasteiger partial charge in [-0.3, -0.25) is 4.79 Å². The van der Waals surface area contributed by atoms with E-state index < -0.39 is 0 Å². The number of hydrogen-bond acceptors (Lipinski definition) is 3. The van der Waals surface area contributed by atoms with Crippen molar-refractivity contribution in [1.82, 2.24) is 0 Å². The molecule has 1 N–H and O–H groups in total. The smallest absolute Gasteiger partial charge is 0.302 e. The topological polar surface area (TPSA) is 46.5 Å². The summed E-state index contributed by atoms with van der Waals surface area (Å²) in [7, 11) is 0. The molecule has 0 aliphatic rings. The molecule has 0 aromatic rings. The molecule has 0 saturated heterocycles. The van der Waals surface area contributed by atoms with Crippen molar-refractivity contribution < 1.29 is 14.6 Å². The van der Waals surface area contributed by atoms with Crippen molar-refractivity contribution in [2.75, 3.05) is 13.2 Å². The summed E-state index contributed by atoms with van der Waals surface area (Å²) in [5.74, 6) is -0.300. The minimum atomic E-state index is -0.300. The second kappa shape index (κ2) is 4.99. The summed E-state index contributed by atoms with van der Waals surface area (Å²) in [5, 5.41) is 8.46. The number of aliphatic hydroxyl groups is 1. The average molecular weight is 144 g/mol. The van der Waals surface area contributed by atoms with Crippen LogP contribution in [0.15, 0.2) is 12.2 Å². The Labute approximate surface area is 60.3 Å². The van der Waals surface area contributed by atoms with Crippen LogP contribution in [0.5, 0.6) is 0 Å². The van der Waals surface area contributed by atoms with Gasteiger partial charge < -0.3 is 9.84 Å². The number of ether oxygens (including phenoxy) is 1. The van der Waals surface area contributed by atoms with Crippen LogP contribution in [0, 0.1) is 0 Å². The molecule has 0 radical (unpaired) electrons. The van der Waals surface area contributed by atoms with Crippen LogP contribution in [-0.2, 0) is 9.53 Å². The summed E-state index contributed by atoms with van der Waals surface area (Å²) in [6.45, 7) is 5.15. The minimum absolute atomic E-state index is 0.0404. The van der Waals surface area contributed by atoms with E-state index >= 15 is 0 Å². The molecule has 3 nitrogen and oxygen atoms in total. The van der Waals surface area contributed by atoms with Gasteiger partial charge in [0.1, 0.15) is 0 Å². The Bertz CT molecular complexity index is 129. The molecular weight excluding hydrogens is 132 g/mol. The first-order chi connectivity index (χ1) is 4.66. The lowest BCUT2D eigenvalue weighted by Gasteiger charge is -2.01. The standard InChI is InChI=1S/C7H12O3/c1-6(5-8)3-4-10-7(2)9/h8H,1,3-5H2,2H3. The Morgan fingerprint density at radius 3 is 2.70 bits per heavy atom. The molecule has 0 saturated carbocycles. The van der Waals surface area contributed by atoms with Crippen molar-refractivity contribution in [3.05, 3.63) is 12.2 Å². The average Bonchev–Trinajstić information content (AvgIpc) is 1.87. The van der Waals surface area contributed by atoms with Gasteiger partial charge in [-0.1, -0.05) is 6.58 Å². The number of hydrogen-bond donors (Lipinski definition) is 1. The van der Waals surface area contributed by atoms with Gasteiger partial charge >= 0.3 is 5.97 Å². The van der Waals surface area contributed by atoms with Crippen molar-refractivity contribution in [2.45, 2.75) is 13.3 Å². The molecule has 0 spiro atoms. The summed E-state index contributed by atoms with van der Waals surface area (Å²) < 4.78 is 4.60. The molecule has 0 rings (SSSR count). The molecule has 0 unspecified atom stereocenters. The van der Waals surface area contributed by atoms with Gasteiger partial charge in [0.2, 0.25) is 0 Å². The van der Waals surface area contributed by atoms with Crippen LogP contribution in [0.4, 0.5) is 0 Å². The second-order valence-electron chi connectivity index (χ2n) is 2.00. The molecule has 3 heteroatoms. The molecule has 0 fully saturated rings. The lowest BCUT2D eigenvalue weighted by molar-refractivity contribution is -0.140. The molecule has 0 bridgehead atoms. The fourth-order valence-electron chi connectivity index (χ4n) is 0.418. The normalized spacial score (nSPS) is 9.00. The number of aliphatic hydroxyl groups excluding tert-OH is 1. The summed E-state index contributed by atoms with van der Waals surface area (Å²) in [4.78, 5) is 10.2. The summed E-state index contributed by atoms with van der Waals surface area (Å²) in [6, 6.07) is 0. The van der Waals surface area contributed by atoms with Gasteiger partial charge in [0.15, 0.2) is 0 Å². The van der Waals surface area contributed by atoms with E-state index in [1.807, 2.05) is 0 Å². The number of rotatable bonds is 4. The van der Waals surface area contributed by atoms with Crippen LogP contribution in [0.2, 0.25) is 0 Å². The summed E-state index contributed by atoms with van der Waals surface area (Å²) in [6.07, 6.45) is 0.538. The molecule has 0 amide bonds. The third-order valence-electron chi connectivity index (χ3n) is 0.985. The maximum Gasteiger partial charge on any atom is 0.302 e. The van der Waals surface area contributed by atoms with Gasteiger partial charge in [-0.25, -0.2) is 0 Å². The van der Waals surface area contributed by atoms with E-state index in [4.69, 9.17) is 5.11 Å². The number of carbonyl (C=O) groups excluding carboxylic acids is 1. The highest BCUT2D eigenvalue weighted by Crippen LogP contribution is 1.95. The van der Waals surface area contributed by atoms with Crippen molar-refractivity contribution in [1.29, 1.82) is 0 Å². The highest BCUT2D eigenvalue weighted by molar-refractivity contribution is 5.65. The zero-order chi connectivity index (χ0) is 7.98. The van der Waals surface area contributed by atoms with E-state index in [9.17, 15) is 4.79 Å². The first kappa shape index (κ1) is 9.17. The van der Waals surface area contributed by atoms with E-state index in [2.05, 4.69) is 11.3 Å². The van der Waals surface area contributed by atoms with E-state index in [-0.39, 0.29) is 12.6 Å². The molecule has 0 aromatic carbocycles. The lowest BCUT2D eigenvalue weighted by Crippen LogP contribution is -2.02. The zero-order valence-electron chi connectivity index (χ0n) is 6.09. The highest BCUT2D eigenvalue weighted by Gasteiger charge is 1.94. The van der Waals surface area contributed by atoms with Crippen molar-refractivity contribution in [3.63, 3.8) is 0 Å². The summed E-state index contributed by atoms with van der Waals surface area (Å²) in [5.41, 5.74) is 0.682. The molecule has 0 aliphatic heterocycles. The molecule has 58 valence electrons. The molecule has 0 heterocycles. The summed E-state index contributed by atoms with van der Waals surface area (Å²) >= 11 is 0. The largest absolute Gasteiger partial charge is 0.466 e. The van der Waals surface area contributed by atoms with Crippen molar-refractivity contribution in [3.8, 4) is 0 Å². The Kier molecular flexibility index (Phi) is 4.58. The van der Waals surface area contributed by atoms with Crippen molar-refractivity contribution >= 4 is 5.97 Å². The maximum atomic E-state index is 10.2. The van der Waals surface area contributed by atoms with Gasteiger partial charge in [0.05, 0.1) is 13.2 Å². The van der Waals surface area contributed by atoms with E-state index in [0.29, 0.717) is 18.6 Å². The molecule has 0 aromatic heterocycles. The fourth-order valence-corrected chi connectivity index (χ4v) is 0.418. The van der Waals surface area contributed by atoms with Gasteiger partial charge in [-0.05, 0) is 5.57 Å². The highest BCUT2D eigenvalue weighted by atomic mass is 16.5. The van der Waals surface area contributed by atoms with Gasteiger partial charge in [0, 0.05) is 13.3 Å². The van der Waals surface area contributed by atoms with E-state index in [1.54, 1.807) is 0 Å². The molecule has 0 aliphatic carbocycles. The third-order valence-corrected chi connectivity index (χ3v) is 0.985. The minimum Gasteiger partial charge on any atom is -0.466 e. The van der Waals surface area contributed by atoms with Crippen LogP contribution in [0.25, 0.3) is 0 Å². The van der Waals surface area contributed by atoms with Gasteiger partial charge in [-0.2, -0.15) is 0 Å². The van der Waals surface area contributed by atoms with Crippen LogP contribution < -0.4 is 0 Å². The van der Waals surface area contributed by atoms with Crippen LogP contribution in [-0.4, -0.2) is 24.3 Å². The van der Waals surface area contributed by atoms with Crippen LogP contribution >= 0.6 is 0 Å². The SMILES string of the molecule is C=C(CO)CCOC(C)=O. The van der Waals surface area contributed by atoms with Crippen molar-refractivity contribution in [2.24, 2.45) is 0 Å². The Morgan fingerprint density at radius 1 is 1.70 bits per heavy atom. The van der Waals surface area contributed by atoms with Gasteiger partial charge in [-0.15, -0.1) is 0 Å². The van der Waals surface area contributed by atoms with E-state index in [0.717, 1.165) is 0 Å². The third kappa shape index (κ3) is 5.31. The van der Waals surface area contributed by atoms with Crippen LogP contribution in [0.1, 0.15) is 13.3 Å². The fraction of sp³-hybridized carbons (Fsp3) is 0.571. The predicted octanol–water partition coefficient (Wildman–Crippen LogP) is 0.488. The quantitative estimate of drug-likeness (QED) is 0.461. The maximum absolute atomic E-state index is 10.2. The Hall–Kier alpha value is -0.830. The Morgan fingerprint density at radius 2 is 2.30 bits per heavy atom. The number of esters is 1. The number of carbonyl (C=O) groups is 1. The van der Waals surface area contributed by atoms with Gasteiger partial charge in [0.25, 0.3) is 0 Å². The Balaban J connectivity index is 3.20.